The summed E-state index contributed by atoms with van der Waals surface area (Å²) in [6.07, 6.45) is 4.37. The summed E-state index contributed by atoms with van der Waals surface area (Å²) in [4.78, 5) is 43.8. The third-order valence-corrected chi connectivity index (χ3v) is 7.06. The summed E-state index contributed by atoms with van der Waals surface area (Å²) >= 11 is 1.67. The normalized spacial score (nSPS) is 14.8. The molecule has 5 rings (SSSR count). The zero-order valence-electron chi connectivity index (χ0n) is 16.9. The van der Waals surface area contributed by atoms with E-state index in [1.54, 1.807) is 17.4 Å². The van der Waals surface area contributed by atoms with Gasteiger partial charge >= 0.3 is 0 Å². The molecule has 0 bridgehead atoms. The number of hydrogen-bond donors (Lipinski definition) is 3. The van der Waals surface area contributed by atoms with E-state index in [1.807, 2.05) is 18.2 Å². The number of thiophene rings is 1. The number of aromatic amines is 2. The van der Waals surface area contributed by atoms with E-state index in [9.17, 15) is 9.59 Å². The second-order valence-corrected chi connectivity index (χ2v) is 8.97. The number of aryl methyl sites for hydroxylation is 2. The molecular weight excluding hydrogens is 398 g/mol. The number of aromatic nitrogens is 4. The first-order chi connectivity index (χ1) is 14.6. The van der Waals surface area contributed by atoms with Crippen LogP contribution in [-0.4, -0.2) is 26.5 Å². The molecule has 3 heterocycles. The molecule has 30 heavy (non-hydrogen) atoms. The van der Waals surface area contributed by atoms with Gasteiger partial charge in [-0.05, 0) is 50.3 Å². The van der Waals surface area contributed by atoms with Crippen LogP contribution >= 0.6 is 11.3 Å². The summed E-state index contributed by atoms with van der Waals surface area (Å²) in [5.41, 5.74) is 1.76. The lowest BCUT2D eigenvalue weighted by Crippen LogP contribution is -3.09. The fraction of sp³-hybridized carbons (Fsp3) is 0.364. The molecule has 8 heteroatoms. The smallest absolute Gasteiger partial charge is 0.260 e. The van der Waals surface area contributed by atoms with Gasteiger partial charge in [0, 0.05) is 4.88 Å². The average molecular weight is 423 g/mol. The number of nitrogens with zero attached hydrogens (tertiary/aromatic N) is 2. The maximum atomic E-state index is 12.8. The van der Waals surface area contributed by atoms with Crippen LogP contribution in [0.4, 0.5) is 0 Å². The highest BCUT2D eigenvalue weighted by atomic mass is 32.1. The van der Waals surface area contributed by atoms with Crippen LogP contribution in [0.15, 0.2) is 33.9 Å². The summed E-state index contributed by atoms with van der Waals surface area (Å²) < 4.78 is 0. The lowest BCUT2D eigenvalue weighted by Gasteiger charge is -2.16. The standard InChI is InChI=1S/C22H23N5O2S/c1-2-27(11-17-23-15-9-5-3-7-13(15)20(28)24-17)12-18-25-21(29)19-14-8-4-6-10-16(14)30-22(19)26-18/h3,5,7,9H,2,4,6,8,10-12H2,1H3,(H,23,24,28)(H,25,26,29)/p+1. The fourth-order valence-corrected chi connectivity index (χ4v) is 5.58. The lowest BCUT2D eigenvalue weighted by atomic mass is 9.97. The lowest BCUT2D eigenvalue weighted by molar-refractivity contribution is -0.927. The Morgan fingerprint density at radius 1 is 1.00 bits per heavy atom. The Bertz CT molecular complexity index is 1350. The van der Waals surface area contributed by atoms with Crippen molar-refractivity contribution >= 4 is 32.5 Å². The van der Waals surface area contributed by atoms with E-state index in [0.717, 1.165) is 40.9 Å². The number of benzene rings is 1. The first kappa shape index (κ1) is 19.1. The first-order valence-corrected chi connectivity index (χ1v) is 11.3. The molecule has 3 aromatic heterocycles. The van der Waals surface area contributed by atoms with E-state index in [-0.39, 0.29) is 11.1 Å². The maximum absolute atomic E-state index is 12.8. The molecule has 0 saturated heterocycles. The van der Waals surface area contributed by atoms with Gasteiger partial charge in [-0.25, -0.2) is 9.97 Å². The van der Waals surface area contributed by atoms with Gasteiger partial charge in [0.15, 0.2) is 11.6 Å². The molecular formula is C22H24N5O2S+. The van der Waals surface area contributed by atoms with Crippen molar-refractivity contribution in [3.8, 4) is 0 Å². The zero-order valence-corrected chi connectivity index (χ0v) is 17.7. The van der Waals surface area contributed by atoms with Crippen LogP contribution in [0.2, 0.25) is 0 Å². The highest BCUT2D eigenvalue weighted by molar-refractivity contribution is 7.18. The predicted octanol–water partition coefficient (Wildman–Crippen LogP) is 1.70. The quantitative estimate of drug-likeness (QED) is 0.456. The van der Waals surface area contributed by atoms with E-state index >= 15 is 0 Å². The summed E-state index contributed by atoms with van der Waals surface area (Å²) in [6.45, 7) is 4.02. The highest BCUT2D eigenvalue weighted by Gasteiger charge is 2.21. The van der Waals surface area contributed by atoms with Crippen LogP contribution in [0.1, 0.15) is 41.9 Å². The Morgan fingerprint density at radius 3 is 2.57 bits per heavy atom. The van der Waals surface area contributed by atoms with E-state index in [1.165, 1.54) is 16.9 Å². The van der Waals surface area contributed by atoms with E-state index in [2.05, 4.69) is 21.9 Å². The number of para-hydroxylation sites is 1. The van der Waals surface area contributed by atoms with Gasteiger partial charge in [0.05, 0.1) is 22.8 Å². The Morgan fingerprint density at radius 2 is 1.73 bits per heavy atom. The van der Waals surface area contributed by atoms with Crippen molar-refractivity contribution in [2.75, 3.05) is 6.54 Å². The van der Waals surface area contributed by atoms with Crippen LogP contribution in [0.5, 0.6) is 0 Å². The van der Waals surface area contributed by atoms with Crippen molar-refractivity contribution in [2.45, 2.75) is 45.7 Å². The zero-order chi connectivity index (χ0) is 20.7. The first-order valence-electron chi connectivity index (χ1n) is 10.5. The van der Waals surface area contributed by atoms with Crippen LogP contribution in [0.25, 0.3) is 21.1 Å². The molecule has 4 aromatic rings. The SMILES string of the molecule is CC[NH+](Cc1nc2ccccc2c(=O)[nH]1)Cc1nc2sc3c(c2c(=O)[nH]1)CCCC3. The molecule has 154 valence electrons. The van der Waals surface area contributed by atoms with Gasteiger partial charge in [0.2, 0.25) is 0 Å². The number of quaternary nitrogens is 1. The topological polar surface area (TPSA) is 95.9 Å². The summed E-state index contributed by atoms with van der Waals surface area (Å²) in [6, 6.07) is 7.35. The third kappa shape index (κ3) is 3.46. The van der Waals surface area contributed by atoms with Gasteiger partial charge in [-0.1, -0.05) is 12.1 Å². The highest BCUT2D eigenvalue weighted by Crippen LogP contribution is 2.33. The molecule has 7 nitrogen and oxygen atoms in total. The predicted molar refractivity (Wildman–Crippen MR) is 118 cm³/mol. The number of rotatable bonds is 5. The van der Waals surface area contributed by atoms with Crippen molar-refractivity contribution in [1.82, 2.24) is 19.9 Å². The molecule has 0 fully saturated rings. The molecule has 0 radical (unpaired) electrons. The maximum Gasteiger partial charge on any atom is 0.260 e. The molecule has 0 spiro atoms. The Labute approximate surface area is 176 Å². The minimum Gasteiger partial charge on any atom is -0.323 e. The van der Waals surface area contributed by atoms with Gasteiger partial charge < -0.3 is 14.9 Å². The Balaban J connectivity index is 1.43. The van der Waals surface area contributed by atoms with Crippen LogP contribution in [0, 0.1) is 0 Å². The molecule has 3 N–H and O–H groups in total. The number of nitrogens with one attached hydrogen (secondary N) is 3. The Hall–Kier alpha value is -2.84. The van der Waals surface area contributed by atoms with E-state index in [0.29, 0.717) is 35.6 Å². The molecule has 1 aliphatic rings. The van der Waals surface area contributed by atoms with Crippen molar-refractivity contribution < 1.29 is 4.90 Å². The number of hydrogen-bond acceptors (Lipinski definition) is 5. The third-order valence-electron chi connectivity index (χ3n) is 5.87. The Kier molecular flexibility index (Phi) is 4.96. The summed E-state index contributed by atoms with van der Waals surface area (Å²) in [5, 5.41) is 1.38. The second-order valence-electron chi connectivity index (χ2n) is 7.89. The van der Waals surface area contributed by atoms with E-state index in [4.69, 9.17) is 4.98 Å². The van der Waals surface area contributed by atoms with Gasteiger partial charge in [-0.2, -0.15) is 0 Å². The number of H-pyrrole nitrogens is 2. The molecule has 1 aromatic carbocycles. The van der Waals surface area contributed by atoms with Crippen molar-refractivity contribution in [3.63, 3.8) is 0 Å². The van der Waals surface area contributed by atoms with Crippen LogP contribution < -0.4 is 16.0 Å². The minimum atomic E-state index is -0.122. The largest absolute Gasteiger partial charge is 0.323 e. The fourth-order valence-electron chi connectivity index (χ4n) is 4.30. The van der Waals surface area contributed by atoms with Gasteiger partial charge in [0.1, 0.15) is 17.9 Å². The van der Waals surface area contributed by atoms with Crippen molar-refractivity contribution in [2.24, 2.45) is 0 Å². The van der Waals surface area contributed by atoms with Gasteiger partial charge in [-0.3, -0.25) is 9.59 Å². The monoisotopic (exact) mass is 422 g/mol. The van der Waals surface area contributed by atoms with Crippen LogP contribution in [-0.2, 0) is 25.9 Å². The van der Waals surface area contributed by atoms with Crippen LogP contribution in [0.3, 0.4) is 0 Å². The number of fused-ring (bicyclic) bond motifs is 4. The molecule has 1 aliphatic carbocycles. The van der Waals surface area contributed by atoms with Gasteiger partial charge in [-0.15, -0.1) is 11.3 Å². The second kappa shape index (κ2) is 7.77. The molecule has 0 saturated carbocycles. The van der Waals surface area contributed by atoms with Crippen molar-refractivity contribution in [3.05, 3.63) is 67.1 Å². The molecule has 1 unspecified atom stereocenters. The molecule has 0 amide bonds. The molecule has 0 aliphatic heterocycles. The minimum absolute atomic E-state index is 0.0258. The van der Waals surface area contributed by atoms with Gasteiger partial charge in [0.25, 0.3) is 11.1 Å². The molecule has 1 atom stereocenters. The summed E-state index contributed by atoms with van der Waals surface area (Å²) in [7, 11) is 0. The average Bonchev–Trinajstić information content (AvgIpc) is 3.12. The van der Waals surface area contributed by atoms with Crippen molar-refractivity contribution in [1.29, 1.82) is 0 Å². The summed E-state index contributed by atoms with van der Waals surface area (Å²) in [5.74, 6) is 1.33. The van der Waals surface area contributed by atoms with E-state index < -0.39 is 0 Å².